The predicted molar refractivity (Wildman–Crippen MR) is 80.1 cm³/mol. The first-order chi connectivity index (χ1) is 10.5. The first-order valence-corrected chi connectivity index (χ1v) is 8.14. The molecule has 0 aromatic heterocycles. The van der Waals surface area contributed by atoms with Crippen LogP contribution in [0, 0.1) is 23.7 Å². The van der Waals surface area contributed by atoms with Crippen molar-refractivity contribution in [1.29, 1.82) is 0 Å². The van der Waals surface area contributed by atoms with E-state index in [0.717, 1.165) is 37.5 Å². The molecule has 0 radical (unpaired) electrons. The van der Waals surface area contributed by atoms with E-state index >= 15 is 0 Å². The van der Waals surface area contributed by atoms with Crippen molar-refractivity contribution in [2.24, 2.45) is 23.7 Å². The van der Waals surface area contributed by atoms with Gasteiger partial charge in [0.15, 0.2) is 0 Å². The molecule has 2 N–H and O–H groups in total. The number of carbonyl (C=O) groups is 2. The van der Waals surface area contributed by atoms with Gasteiger partial charge in [0, 0.05) is 0 Å². The van der Waals surface area contributed by atoms with E-state index < -0.39 is 11.9 Å². The van der Waals surface area contributed by atoms with Gasteiger partial charge in [-0.25, -0.2) is 9.59 Å². The maximum absolute atomic E-state index is 11.6. The Morgan fingerprint density at radius 2 is 1.27 bits per heavy atom. The topological polar surface area (TPSA) is 74.6 Å². The van der Waals surface area contributed by atoms with Gasteiger partial charge in [0.2, 0.25) is 0 Å². The molecule has 22 heavy (non-hydrogen) atoms. The standard InChI is InChI=1S/C18H20O4/c19-17(20)13-2-1-3-14(18(21)22)16(13)15-11-5-9-4-10(7-11)8-12(15)6-9/h1-3,9-12,15H,4-8H2,(H,19,20)(H,21,22). The lowest BCUT2D eigenvalue weighted by molar-refractivity contribution is -0.00352. The summed E-state index contributed by atoms with van der Waals surface area (Å²) in [7, 11) is 0. The molecule has 0 amide bonds. The first kappa shape index (κ1) is 13.8. The van der Waals surface area contributed by atoms with Crippen molar-refractivity contribution in [3.63, 3.8) is 0 Å². The van der Waals surface area contributed by atoms with Gasteiger partial charge in [-0.05, 0) is 79.4 Å². The second-order valence-corrected chi connectivity index (χ2v) is 7.33. The zero-order valence-corrected chi connectivity index (χ0v) is 12.4. The van der Waals surface area contributed by atoms with Gasteiger partial charge in [-0.3, -0.25) is 0 Å². The zero-order chi connectivity index (χ0) is 15.4. The fourth-order valence-electron chi connectivity index (χ4n) is 5.69. The number of hydrogen-bond donors (Lipinski definition) is 2. The van der Waals surface area contributed by atoms with Gasteiger partial charge in [-0.15, -0.1) is 0 Å². The molecule has 4 fully saturated rings. The van der Waals surface area contributed by atoms with Crippen LogP contribution in [0.3, 0.4) is 0 Å². The van der Waals surface area contributed by atoms with E-state index in [-0.39, 0.29) is 17.0 Å². The Morgan fingerprint density at radius 1 is 0.818 bits per heavy atom. The van der Waals surface area contributed by atoms with Crippen molar-refractivity contribution in [1.82, 2.24) is 0 Å². The second kappa shape index (κ2) is 4.83. The maximum atomic E-state index is 11.6. The van der Waals surface area contributed by atoms with E-state index in [0.29, 0.717) is 17.4 Å². The summed E-state index contributed by atoms with van der Waals surface area (Å²) in [5, 5.41) is 19.1. The molecule has 5 rings (SSSR count). The molecule has 4 bridgehead atoms. The SMILES string of the molecule is O=C(O)c1cccc(C(=O)O)c1C1C2CC3CC(C2)CC1C3. The molecule has 1 aromatic carbocycles. The average Bonchev–Trinajstić information content (AvgIpc) is 2.45. The van der Waals surface area contributed by atoms with Crippen molar-refractivity contribution in [2.45, 2.75) is 38.0 Å². The minimum absolute atomic E-state index is 0.117. The van der Waals surface area contributed by atoms with Crippen LogP contribution in [0.5, 0.6) is 0 Å². The second-order valence-electron chi connectivity index (χ2n) is 7.33. The lowest BCUT2D eigenvalue weighted by Crippen LogP contribution is -2.44. The van der Waals surface area contributed by atoms with Crippen molar-refractivity contribution in [3.05, 3.63) is 34.9 Å². The summed E-state index contributed by atoms with van der Waals surface area (Å²) >= 11 is 0. The monoisotopic (exact) mass is 300 g/mol. The van der Waals surface area contributed by atoms with Gasteiger partial charge in [0.05, 0.1) is 11.1 Å². The number of rotatable bonds is 3. The molecule has 4 aliphatic carbocycles. The highest BCUT2D eigenvalue weighted by atomic mass is 16.4. The molecule has 4 heteroatoms. The van der Waals surface area contributed by atoms with Gasteiger partial charge in [0.1, 0.15) is 0 Å². The van der Waals surface area contributed by atoms with E-state index in [1.54, 1.807) is 18.2 Å². The van der Waals surface area contributed by atoms with E-state index in [4.69, 9.17) is 0 Å². The molecule has 0 saturated heterocycles. The van der Waals surface area contributed by atoms with Crippen LogP contribution in [-0.4, -0.2) is 22.2 Å². The Bertz CT molecular complexity index is 588. The molecule has 0 unspecified atom stereocenters. The van der Waals surface area contributed by atoms with Crippen LogP contribution in [-0.2, 0) is 0 Å². The highest BCUT2D eigenvalue weighted by Crippen LogP contribution is 2.60. The fraction of sp³-hybridized carbons (Fsp3) is 0.556. The van der Waals surface area contributed by atoms with Gasteiger partial charge in [-0.1, -0.05) is 6.07 Å². The summed E-state index contributed by atoms with van der Waals surface area (Å²) in [4.78, 5) is 23.3. The lowest BCUT2D eigenvalue weighted by atomic mass is 9.50. The zero-order valence-electron chi connectivity index (χ0n) is 12.4. The molecule has 0 atom stereocenters. The molecular formula is C18H20O4. The van der Waals surface area contributed by atoms with Crippen molar-refractivity contribution >= 4 is 11.9 Å². The Hall–Kier alpha value is -1.84. The minimum Gasteiger partial charge on any atom is -0.478 e. The third-order valence-corrected chi connectivity index (χ3v) is 6.13. The van der Waals surface area contributed by atoms with Crippen LogP contribution in [0.1, 0.15) is 64.3 Å². The van der Waals surface area contributed by atoms with Gasteiger partial charge < -0.3 is 10.2 Å². The van der Waals surface area contributed by atoms with E-state index in [1.165, 1.54) is 6.42 Å². The third kappa shape index (κ3) is 1.97. The Morgan fingerprint density at radius 3 is 1.68 bits per heavy atom. The number of carboxylic acids is 2. The number of benzene rings is 1. The summed E-state index contributed by atoms with van der Waals surface area (Å²) in [5.41, 5.74) is 0.978. The normalized spacial score (nSPS) is 35.5. The molecule has 4 nitrogen and oxygen atoms in total. The summed E-state index contributed by atoms with van der Waals surface area (Å²) in [5.74, 6) is 0.600. The molecule has 1 aromatic rings. The molecule has 4 aliphatic rings. The van der Waals surface area contributed by atoms with Crippen LogP contribution < -0.4 is 0 Å². The summed E-state index contributed by atoms with van der Waals surface area (Å²) in [6.45, 7) is 0. The number of hydrogen-bond acceptors (Lipinski definition) is 2. The van der Waals surface area contributed by atoms with Gasteiger partial charge in [0.25, 0.3) is 0 Å². The van der Waals surface area contributed by atoms with E-state index in [9.17, 15) is 19.8 Å². The van der Waals surface area contributed by atoms with E-state index in [2.05, 4.69) is 0 Å². The maximum Gasteiger partial charge on any atom is 0.335 e. The van der Waals surface area contributed by atoms with Crippen molar-refractivity contribution in [2.75, 3.05) is 0 Å². The van der Waals surface area contributed by atoms with Crippen LogP contribution >= 0.6 is 0 Å². The number of aromatic carboxylic acids is 2. The minimum atomic E-state index is -1.01. The fourth-order valence-corrected chi connectivity index (χ4v) is 5.69. The van der Waals surface area contributed by atoms with Gasteiger partial charge >= 0.3 is 11.9 Å². The average molecular weight is 300 g/mol. The van der Waals surface area contributed by atoms with Crippen LogP contribution in [0.25, 0.3) is 0 Å². The summed E-state index contributed by atoms with van der Waals surface area (Å²) < 4.78 is 0. The van der Waals surface area contributed by atoms with Crippen molar-refractivity contribution < 1.29 is 19.8 Å². The Labute approximate surface area is 129 Å². The predicted octanol–water partition coefficient (Wildman–Crippen LogP) is 3.62. The van der Waals surface area contributed by atoms with Crippen LogP contribution in [0.4, 0.5) is 0 Å². The van der Waals surface area contributed by atoms with Crippen molar-refractivity contribution in [3.8, 4) is 0 Å². The Kier molecular flexibility index (Phi) is 3.03. The largest absolute Gasteiger partial charge is 0.478 e. The van der Waals surface area contributed by atoms with Crippen LogP contribution in [0.2, 0.25) is 0 Å². The summed E-state index contributed by atoms with van der Waals surface area (Å²) in [6.07, 6.45) is 5.90. The lowest BCUT2D eigenvalue weighted by Gasteiger charge is -2.55. The first-order valence-electron chi connectivity index (χ1n) is 8.14. The molecule has 0 spiro atoms. The summed E-state index contributed by atoms with van der Waals surface area (Å²) in [6, 6.07) is 4.68. The van der Waals surface area contributed by atoms with Crippen LogP contribution in [0.15, 0.2) is 18.2 Å². The smallest absolute Gasteiger partial charge is 0.335 e. The van der Waals surface area contributed by atoms with Gasteiger partial charge in [-0.2, -0.15) is 0 Å². The molecular weight excluding hydrogens is 280 g/mol. The number of carboxylic acid groups (broad SMARTS) is 2. The molecule has 4 saturated carbocycles. The quantitative estimate of drug-likeness (QED) is 0.894. The Balaban J connectivity index is 1.85. The highest BCUT2D eigenvalue weighted by molar-refractivity contribution is 5.97. The molecule has 0 heterocycles. The highest BCUT2D eigenvalue weighted by Gasteiger charge is 2.50. The third-order valence-electron chi connectivity index (χ3n) is 6.13. The molecule has 0 aliphatic heterocycles. The molecule has 116 valence electrons. The van der Waals surface area contributed by atoms with E-state index in [1.807, 2.05) is 0 Å².